The Bertz CT molecular complexity index is 629. The Morgan fingerprint density at radius 1 is 1.19 bits per heavy atom. The zero-order chi connectivity index (χ0) is 14.2. The maximum absolute atomic E-state index is 6.02. The van der Waals surface area contributed by atoms with Crippen LogP contribution in [-0.4, -0.2) is 54.6 Å². The first kappa shape index (κ1) is 13.0. The van der Waals surface area contributed by atoms with Crippen molar-refractivity contribution in [3.05, 3.63) is 24.0 Å². The minimum absolute atomic E-state index is 0.192. The van der Waals surface area contributed by atoms with Crippen LogP contribution in [0.3, 0.4) is 0 Å². The first-order chi connectivity index (χ1) is 10.3. The third kappa shape index (κ3) is 2.47. The number of hydrogen-bond acceptors (Lipinski definition) is 6. The van der Waals surface area contributed by atoms with Gasteiger partial charge >= 0.3 is 0 Å². The van der Waals surface area contributed by atoms with Gasteiger partial charge in [-0.25, -0.2) is 4.98 Å². The van der Waals surface area contributed by atoms with Gasteiger partial charge in [0.25, 0.3) is 0 Å². The molecule has 0 bridgehead atoms. The van der Waals surface area contributed by atoms with E-state index in [0.29, 0.717) is 24.0 Å². The van der Waals surface area contributed by atoms with Crippen LogP contribution < -0.4 is 5.32 Å². The van der Waals surface area contributed by atoms with Crippen LogP contribution in [0.1, 0.15) is 19.3 Å². The lowest BCUT2D eigenvalue weighted by molar-refractivity contribution is 0.318. The highest BCUT2D eigenvalue weighted by Gasteiger charge is 2.37. The second-order valence-electron chi connectivity index (χ2n) is 5.48. The number of halogens is 1. The van der Waals surface area contributed by atoms with E-state index in [2.05, 4.69) is 30.2 Å². The van der Waals surface area contributed by atoms with Gasteiger partial charge in [-0.15, -0.1) is 0 Å². The lowest BCUT2D eigenvalue weighted by atomic mass is 10.1. The Labute approximate surface area is 127 Å². The van der Waals surface area contributed by atoms with Crippen molar-refractivity contribution >= 4 is 17.5 Å². The van der Waals surface area contributed by atoms with Crippen LogP contribution in [0.25, 0.3) is 5.95 Å². The predicted molar refractivity (Wildman–Crippen MR) is 78.6 cm³/mol. The number of fused-ring (bicyclic) bond motifs is 1. The zero-order valence-electron chi connectivity index (χ0n) is 11.5. The average Bonchev–Trinajstić information content (AvgIpc) is 3.16. The van der Waals surface area contributed by atoms with Crippen molar-refractivity contribution < 1.29 is 0 Å². The molecular weight excluding hydrogens is 290 g/mol. The van der Waals surface area contributed by atoms with E-state index in [9.17, 15) is 0 Å². The Hall–Kier alpha value is -1.73. The smallest absolute Gasteiger partial charge is 0.241 e. The summed E-state index contributed by atoms with van der Waals surface area (Å²) in [7, 11) is 0. The minimum Gasteiger partial charge on any atom is -0.350 e. The van der Waals surface area contributed by atoms with Crippen LogP contribution >= 0.6 is 11.6 Å². The highest BCUT2D eigenvalue weighted by atomic mass is 35.5. The van der Waals surface area contributed by atoms with Gasteiger partial charge in [0.15, 0.2) is 0 Å². The summed E-state index contributed by atoms with van der Waals surface area (Å²) in [5.41, 5.74) is 0. The highest BCUT2D eigenvalue weighted by Crippen LogP contribution is 2.29. The summed E-state index contributed by atoms with van der Waals surface area (Å²) in [6.45, 7) is 2.36. The van der Waals surface area contributed by atoms with Crippen LogP contribution in [0, 0.1) is 0 Å². The molecule has 110 valence electrons. The van der Waals surface area contributed by atoms with Gasteiger partial charge in [-0.3, -0.25) is 9.47 Å². The molecule has 0 saturated carbocycles. The van der Waals surface area contributed by atoms with Crippen molar-refractivity contribution in [2.45, 2.75) is 31.3 Å². The first-order valence-corrected chi connectivity index (χ1v) is 7.58. The summed E-state index contributed by atoms with van der Waals surface area (Å²) in [6.07, 6.45) is 8.74. The number of anilines is 1. The molecule has 0 radical (unpaired) electrons. The molecule has 2 aromatic rings. The highest BCUT2D eigenvalue weighted by molar-refractivity contribution is 6.28. The van der Waals surface area contributed by atoms with Gasteiger partial charge < -0.3 is 5.32 Å². The number of nitrogens with zero attached hydrogens (tertiary/aromatic N) is 6. The van der Waals surface area contributed by atoms with Gasteiger partial charge in [-0.1, -0.05) is 0 Å². The number of imidazole rings is 1. The maximum Gasteiger partial charge on any atom is 0.241 e. The van der Waals surface area contributed by atoms with Crippen LogP contribution in [0.2, 0.25) is 5.28 Å². The summed E-state index contributed by atoms with van der Waals surface area (Å²) in [4.78, 5) is 19.3. The molecule has 1 N–H and O–H groups in total. The standard InChI is InChI=1S/C13H16ClN7/c14-11-17-12(19-13(18-11)21-7-4-15-8-21)16-9-3-6-20-5-1-2-10(9)20/h4,7-10H,1-3,5-6H2,(H,16,17,18,19). The van der Waals surface area contributed by atoms with Crippen LogP contribution in [-0.2, 0) is 0 Å². The quantitative estimate of drug-likeness (QED) is 0.923. The lowest BCUT2D eigenvalue weighted by Gasteiger charge is -2.21. The minimum atomic E-state index is 0.192. The second kappa shape index (κ2) is 5.23. The molecule has 7 nitrogen and oxygen atoms in total. The molecule has 2 atom stereocenters. The van der Waals surface area contributed by atoms with Crippen molar-refractivity contribution in [3.63, 3.8) is 0 Å². The molecule has 0 aromatic carbocycles. The van der Waals surface area contributed by atoms with Gasteiger partial charge in [0.2, 0.25) is 17.2 Å². The molecule has 2 aromatic heterocycles. The van der Waals surface area contributed by atoms with E-state index in [1.807, 2.05) is 0 Å². The fourth-order valence-electron chi connectivity index (χ4n) is 3.31. The molecule has 2 saturated heterocycles. The molecule has 4 heterocycles. The summed E-state index contributed by atoms with van der Waals surface area (Å²) < 4.78 is 1.72. The molecule has 0 spiro atoms. The number of rotatable bonds is 3. The lowest BCUT2D eigenvalue weighted by Crippen LogP contribution is -2.34. The molecule has 21 heavy (non-hydrogen) atoms. The molecule has 2 unspecified atom stereocenters. The Kier molecular flexibility index (Phi) is 3.23. The number of aromatic nitrogens is 5. The van der Waals surface area contributed by atoms with Crippen LogP contribution in [0.15, 0.2) is 18.7 Å². The second-order valence-corrected chi connectivity index (χ2v) is 5.82. The molecule has 2 fully saturated rings. The van der Waals surface area contributed by atoms with E-state index < -0.39 is 0 Å². The summed E-state index contributed by atoms with van der Waals surface area (Å²) >= 11 is 6.02. The molecule has 0 amide bonds. The van der Waals surface area contributed by atoms with E-state index in [4.69, 9.17) is 11.6 Å². The average molecular weight is 306 g/mol. The van der Waals surface area contributed by atoms with E-state index in [1.165, 1.54) is 19.4 Å². The summed E-state index contributed by atoms with van der Waals surface area (Å²) in [5.74, 6) is 1.02. The van der Waals surface area contributed by atoms with E-state index in [1.54, 1.807) is 23.3 Å². The Morgan fingerprint density at radius 3 is 3.00 bits per heavy atom. The van der Waals surface area contributed by atoms with E-state index >= 15 is 0 Å². The third-order valence-corrected chi connectivity index (χ3v) is 4.42. The molecular formula is C13H16ClN7. The molecule has 8 heteroatoms. The van der Waals surface area contributed by atoms with Gasteiger partial charge in [0, 0.05) is 31.0 Å². The molecule has 0 aliphatic carbocycles. The maximum atomic E-state index is 6.02. The first-order valence-electron chi connectivity index (χ1n) is 7.20. The van der Waals surface area contributed by atoms with Crippen molar-refractivity contribution in [1.82, 2.24) is 29.4 Å². The van der Waals surface area contributed by atoms with Gasteiger partial charge in [0.05, 0.1) is 0 Å². The predicted octanol–water partition coefficient (Wildman–Crippen LogP) is 1.36. The number of nitrogens with one attached hydrogen (secondary N) is 1. The summed E-state index contributed by atoms with van der Waals surface area (Å²) in [6, 6.07) is 0.985. The van der Waals surface area contributed by atoms with Crippen LogP contribution in [0.4, 0.5) is 5.95 Å². The van der Waals surface area contributed by atoms with Crippen molar-refractivity contribution in [2.24, 2.45) is 0 Å². The van der Waals surface area contributed by atoms with Crippen molar-refractivity contribution in [1.29, 1.82) is 0 Å². The topological polar surface area (TPSA) is 71.8 Å². The third-order valence-electron chi connectivity index (χ3n) is 4.25. The monoisotopic (exact) mass is 305 g/mol. The van der Waals surface area contributed by atoms with E-state index in [-0.39, 0.29) is 5.28 Å². The van der Waals surface area contributed by atoms with Crippen molar-refractivity contribution in [2.75, 3.05) is 18.4 Å². The molecule has 4 rings (SSSR count). The van der Waals surface area contributed by atoms with Gasteiger partial charge in [-0.05, 0) is 37.4 Å². The number of hydrogen-bond donors (Lipinski definition) is 1. The van der Waals surface area contributed by atoms with Crippen molar-refractivity contribution in [3.8, 4) is 5.95 Å². The van der Waals surface area contributed by atoms with Crippen LogP contribution in [0.5, 0.6) is 0 Å². The normalized spacial score (nSPS) is 25.2. The largest absolute Gasteiger partial charge is 0.350 e. The zero-order valence-corrected chi connectivity index (χ0v) is 12.2. The fraction of sp³-hybridized carbons (Fsp3) is 0.538. The Morgan fingerprint density at radius 2 is 2.14 bits per heavy atom. The SMILES string of the molecule is Clc1nc(NC2CCN3CCCC23)nc(-n2ccnc2)n1. The fourth-order valence-corrected chi connectivity index (χ4v) is 3.47. The van der Waals surface area contributed by atoms with E-state index in [0.717, 1.165) is 13.0 Å². The summed E-state index contributed by atoms with van der Waals surface area (Å²) in [5, 5.41) is 3.63. The molecule has 2 aliphatic heterocycles. The van der Waals surface area contributed by atoms with Gasteiger partial charge in [0.1, 0.15) is 6.33 Å². The van der Waals surface area contributed by atoms with Gasteiger partial charge in [-0.2, -0.15) is 15.0 Å². The molecule has 2 aliphatic rings. The Balaban J connectivity index is 1.58.